The Morgan fingerprint density at radius 1 is 1.23 bits per heavy atom. The van der Waals surface area contributed by atoms with E-state index in [1.165, 1.54) is 5.06 Å². The van der Waals surface area contributed by atoms with Gasteiger partial charge < -0.3 is 14.4 Å². The zero-order valence-electron chi connectivity index (χ0n) is 15.4. The molecule has 130 valence electrons. The van der Waals surface area contributed by atoms with E-state index in [0.717, 1.165) is 6.42 Å². The highest BCUT2D eigenvalue weighted by Crippen LogP contribution is 2.39. The number of carbonyl (C=O) groups is 1. The number of hydroxylamine groups is 2. The van der Waals surface area contributed by atoms with Gasteiger partial charge >= 0.3 is 5.97 Å². The minimum absolute atomic E-state index is 0.104. The van der Waals surface area contributed by atoms with Gasteiger partial charge in [0.15, 0.2) is 8.32 Å². The van der Waals surface area contributed by atoms with Gasteiger partial charge in [-0.2, -0.15) is 5.06 Å². The van der Waals surface area contributed by atoms with Crippen molar-refractivity contribution in [3.8, 4) is 0 Å². The van der Waals surface area contributed by atoms with Gasteiger partial charge in [0.25, 0.3) is 0 Å². The Balaban J connectivity index is 2.74. The zero-order chi connectivity index (χ0) is 17.3. The first-order valence-corrected chi connectivity index (χ1v) is 11.0. The van der Waals surface area contributed by atoms with Gasteiger partial charge in [0.2, 0.25) is 0 Å². The predicted octanol–water partition coefficient (Wildman–Crippen LogP) is 3.57. The first-order chi connectivity index (χ1) is 9.73. The van der Waals surface area contributed by atoms with Crippen LogP contribution in [0.2, 0.25) is 18.1 Å². The lowest BCUT2D eigenvalue weighted by atomic mass is 10.1. The van der Waals surface area contributed by atoms with Crippen LogP contribution in [-0.2, 0) is 14.0 Å². The predicted molar refractivity (Wildman–Crippen MR) is 89.4 cm³/mol. The van der Waals surface area contributed by atoms with E-state index in [4.69, 9.17) is 9.16 Å². The van der Waals surface area contributed by atoms with Crippen LogP contribution in [0.25, 0.3) is 0 Å². The normalized spacial score (nSPS) is 24.6. The Bertz CT molecular complexity index is 398. The van der Waals surface area contributed by atoms with Gasteiger partial charge in [0.05, 0.1) is 18.6 Å². The molecule has 6 heteroatoms. The van der Waals surface area contributed by atoms with Crippen molar-refractivity contribution < 1.29 is 19.2 Å². The van der Waals surface area contributed by atoms with E-state index in [9.17, 15) is 10.0 Å². The van der Waals surface area contributed by atoms with Gasteiger partial charge in [0, 0.05) is 6.54 Å². The summed E-state index contributed by atoms with van der Waals surface area (Å²) in [5, 5.41) is 11.4. The highest BCUT2D eigenvalue weighted by Gasteiger charge is 2.44. The van der Waals surface area contributed by atoms with E-state index in [-0.39, 0.29) is 29.6 Å². The number of nitrogens with zero attached hydrogens (tertiary/aromatic N) is 1. The summed E-state index contributed by atoms with van der Waals surface area (Å²) >= 11 is 0. The summed E-state index contributed by atoms with van der Waals surface area (Å²) in [6, 6.07) is -0.316. The van der Waals surface area contributed by atoms with Gasteiger partial charge in [-0.05, 0) is 45.3 Å². The molecule has 1 aliphatic heterocycles. The Morgan fingerprint density at radius 2 is 1.77 bits per heavy atom. The van der Waals surface area contributed by atoms with Crippen LogP contribution in [0.15, 0.2) is 0 Å². The Kier molecular flexibility index (Phi) is 5.88. The molecule has 0 unspecified atom stereocenters. The summed E-state index contributed by atoms with van der Waals surface area (Å²) < 4.78 is 11.8. The fourth-order valence-corrected chi connectivity index (χ4v) is 3.68. The van der Waals surface area contributed by atoms with Crippen molar-refractivity contribution in [2.45, 2.75) is 90.3 Å². The van der Waals surface area contributed by atoms with Crippen molar-refractivity contribution in [3.63, 3.8) is 0 Å². The second kappa shape index (κ2) is 6.59. The SMILES string of the molecule is CC(C)(C)OC(=O)C[C@@H]1[C@@H](O[Si](C)(C)C(C)(C)C)CCN1O. The first kappa shape index (κ1) is 19.6. The standard InChI is InChI=1S/C16H33NO4Si/c1-15(2,3)20-14(18)11-12-13(9-10-17(12)19)21-22(7,8)16(4,5)6/h12-13,19H,9-11H2,1-8H3/t12-,13+/m1/s1. The van der Waals surface area contributed by atoms with E-state index < -0.39 is 13.9 Å². The molecule has 0 aromatic heterocycles. The topological polar surface area (TPSA) is 59.0 Å². The van der Waals surface area contributed by atoms with Crippen LogP contribution >= 0.6 is 0 Å². The smallest absolute Gasteiger partial charge is 0.308 e. The van der Waals surface area contributed by atoms with Crippen molar-refractivity contribution in [2.24, 2.45) is 0 Å². The molecule has 2 atom stereocenters. The molecule has 5 nitrogen and oxygen atoms in total. The zero-order valence-corrected chi connectivity index (χ0v) is 16.4. The van der Waals surface area contributed by atoms with Crippen molar-refractivity contribution in [2.75, 3.05) is 6.54 Å². The highest BCUT2D eigenvalue weighted by atomic mass is 28.4. The maximum atomic E-state index is 12.1. The van der Waals surface area contributed by atoms with Crippen LogP contribution in [0, 0.1) is 0 Å². The number of rotatable bonds is 4. The molecule has 1 fully saturated rings. The van der Waals surface area contributed by atoms with Crippen LogP contribution in [-0.4, -0.2) is 48.8 Å². The molecular formula is C16H33NO4Si. The fraction of sp³-hybridized carbons (Fsp3) is 0.938. The summed E-state index contributed by atoms with van der Waals surface area (Å²) in [7, 11) is -1.93. The summed E-state index contributed by atoms with van der Waals surface area (Å²) in [5.74, 6) is -0.290. The quantitative estimate of drug-likeness (QED) is 0.630. The van der Waals surface area contributed by atoms with Gasteiger partial charge in [-0.3, -0.25) is 4.79 Å². The van der Waals surface area contributed by atoms with E-state index in [0.29, 0.717) is 6.54 Å². The maximum Gasteiger partial charge on any atom is 0.308 e. The van der Waals surface area contributed by atoms with Gasteiger partial charge in [0.1, 0.15) is 5.60 Å². The van der Waals surface area contributed by atoms with Crippen LogP contribution in [0.4, 0.5) is 0 Å². The Hall–Kier alpha value is -0.433. The van der Waals surface area contributed by atoms with Crippen LogP contribution in [0.5, 0.6) is 0 Å². The third-order valence-corrected chi connectivity index (χ3v) is 9.01. The van der Waals surface area contributed by atoms with Crippen molar-refractivity contribution in [1.82, 2.24) is 5.06 Å². The molecular weight excluding hydrogens is 298 g/mol. The largest absolute Gasteiger partial charge is 0.460 e. The lowest BCUT2D eigenvalue weighted by molar-refractivity contribution is -0.164. The van der Waals surface area contributed by atoms with Gasteiger partial charge in [-0.1, -0.05) is 20.8 Å². The minimum Gasteiger partial charge on any atom is -0.460 e. The average Bonchev–Trinajstić information content (AvgIpc) is 2.56. The number of esters is 1. The molecule has 0 aliphatic carbocycles. The summed E-state index contributed by atoms with van der Waals surface area (Å²) in [5.41, 5.74) is -0.508. The lowest BCUT2D eigenvalue weighted by Gasteiger charge is -2.40. The minimum atomic E-state index is -1.93. The Morgan fingerprint density at radius 3 is 2.23 bits per heavy atom. The van der Waals surface area contributed by atoms with Gasteiger partial charge in [-0.15, -0.1) is 0 Å². The molecule has 1 aliphatic rings. The van der Waals surface area contributed by atoms with Crippen molar-refractivity contribution >= 4 is 14.3 Å². The van der Waals surface area contributed by atoms with Gasteiger partial charge in [-0.25, -0.2) is 0 Å². The third-order valence-electron chi connectivity index (χ3n) is 4.50. The average molecular weight is 332 g/mol. The summed E-state index contributed by atoms with van der Waals surface area (Å²) in [6.45, 7) is 17.0. The van der Waals surface area contributed by atoms with E-state index >= 15 is 0 Å². The number of hydrogen-bond donors (Lipinski definition) is 1. The monoisotopic (exact) mass is 331 g/mol. The molecule has 22 heavy (non-hydrogen) atoms. The molecule has 0 bridgehead atoms. The summed E-state index contributed by atoms with van der Waals surface area (Å²) in [6.07, 6.45) is 0.794. The number of ether oxygens (including phenoxy) is 1. The lowest BCUT2D eigenvalue weighted by Crippen LogP contribution is -2.48. The van der Waals surface area contributed by atoms with Crippen molar-refractivity contribution in [3.05, 3.63) is 0 Å². The second-order valence-corrected chi connectivity index (χ2v) is 13.5. The molecule has 1 saturated heterocycles. The molecule has 0 aromatic rings. The molecule has 0 saturated carbocycles. The second-order valence-electron chi connectivity index (χ2n) is 8.73. The van der Waals surface area contributed by atoms with E-state index in [1.54, 1.807) is 0 Å². The van der Waals surface area contributed by atoms with E-state index in [1.807, 2.05) is 20.8 Å². The van der Waals surface area contributed by atoms with Crippen LogP contribution in [0.3, 0.4) is 0 Å². The number of hydrogen-bond acceptors (Lipinski definition) is 5. The maximum absolute atomic E-state index is 12.1. The van der Waals surface area contributed by atoms with Crippen molar-refractivity contribution in [1.29, 1.82) is 0 Å². The fourth-order valence-electron chi connectivity index (χ4n) is 2.29. The molecule has 1 heterocycles. The van der Waals surface area contributed by atoms with Crippen LogP contribution in [0.1, 0.15) is 54.4 Å². The molecule has 0 spiro atoms. The third kappa shape index (κ3) is 5.33. The first-order valence-electron chi connectivity index (χ1n) is 8.08. The van der Waals surface area contributed by atoms with Crippen LogP contribution < -0.4 is 0 Å². The molecule has 0 aromatic carbocycles. The molecule has 0 amide bonds. The van der Waals surface area contributed by atoms with E-state index in [2.05, 4.69) is 33.9 Å². The molecule has 1 N–H and O–H groups in total. The molecule has 0 radical (unpaired) electrons. The summed E-state index contributed by atoms with van der Waals surface area (Å²) in [4.78, 5) is 12.1. The number of carbonyl (C=O) groups excluding carboxylic acids is 1. The Labute approximate surface area is 136 Å². The highest BCUT2D eigenvalue weighted by molar-refractivity contribution is 6.74. The molecule has 1 rings (SSSR count).